The average molecular weight is 561 g/mol. The molecule has 0 atom stereocenters. The Morgan fingerprint density at radius 3 is 2.03 bits per heavy atom. The van der Waals surface area contributed by atoms with Crippen LogP contribution in [0.4, 0.5) is 30.7 Å². The van der Waals surface area contributed by atoms with Gasteiger partial charge in [0.05, 0.1) is 5.56 Å². The quantitative estimate of drug-likeness (QED) is 0.225. The molecule has 0 N–H and O–H groups in total. The molecule has 204 valence electrons. The highest BCUT2D eigenvalue weighted by Gasteiger charge is 2.34. The number of halogens is 8. The van der Waals surface area contributed by atoms with E-state index in [1.165, 1.54) is 4.90 Å². The van der Waals surface area contributed by atoms with E-state index in [0.29, 0.717) is 17.7 Å². The molecule has 0 aliphatic rings. The smallest absolute Gasteiger partial charge is 0.334 e. The first kappa shape index (κ1) is 29.4. The van der Waals surface area contributed by atoms with Crippen molar-refractivity contribution in [3.8, 4) is 0 Å². The van der Waals surface area contributed by atoms with E-state index in [2.05, 4.69) is 4.98 Å². The molecule has 0 radical (unpaired) electrons. The fourth-order valence-corrected chi connectivity index (χ4v) is 3.96. The zero-order valence-corrected chi connectivity index (χ0v) is 21.4. The van der Waals surface area contributed by atoms with E-state index in [0.717, 1.165) is 23.8 Å². The third-order valence-corrected chi connectivity index (χ3v) is 5.96. The lowest BCUT2D eigenvalue weighted by atomic mass is 9.87. The molecule has 0 spiro atoms. The van der Waals surface area contributed by atoms with Crippen molar-refractivity contribution in [3.63, 3.8) is 0 Å². The maximum Gasteiger partial charge on any atom is 0.433 e. The fraction of sp³-hybridized carbons (Fsp3) is 0.333. The number of nitrogens with zero attached hydrogens (tertiary/aromatic N) is 2. The van der Waals surface area contributed by atoms with Crippen molar-refractivity contribution >= 4 is 17.5 Å². The van der Waals surface area contributed by atoms with Crippen molar-refractivity contribution < 1.29 is 35.5 Å². The Morgan fingerprint density at radius 1 is 0.842 bits per heavy atom. The van der Waals surface area contributed by atoms with Crippen LogP contribution in [-0.4, -0.2) is 22.3 Å². The van der Waals surface area contributed by atoms with Crippen LogP contribution in [-0.2, 0) is 30.7 Å². The third-order valence-electron chi connectivity index (χ3n) is 5.77. The van der Waals surface area contributed by atoms with Gasteiger partial charge < -0.3 is 4.90 Å². The van der Waals surface area contributed by atoms with Crippen LogP contribution < -0.4 is 0 Å². The number of carbonyl (C=O) groups excluding carboxylic acids is 1. The van der Waals surface area contributed by atoms with Crippen LogP contribution in [0.3, 0.4) is 0 Å². The molecule has 0 saturated heterocycles. The molecule has 3 aromatic rings. The van der Waals surface area contributed by atoms with Gasteiger partial charge >= 0.3 is 12.4 Å². The van der Waals surface area contributed by atoms with Gasteiger partial charge in [-0.1, -0.05) is 56.6 Å². The lowest BCUT2D eigenvalue weighted by Crippen LogP contribution is -2.33. The summed E-state index contributed by atoms with van der Waals surface area (Å²) in [5.41, 5.74) is -1.46. The summed E-state index contributed by atoms with van der Waals surface area (Å²) in [5.74, 6) is -1.94. The molecule has 0 bridgehead atoms. The summed E-state index contributed by atoms with van der Waals surface area (Å²) in [6.45, 7) is 5.76. The molecule has 0 aliphatic heterocycles. The average Bonchev–Trinajstić information content (AvgIpc) is 2.79. The van der Waals surface area contributed by atoms with E-state index in [9.17, 15) is 35.5 Å². The summed E-state index contributed by atoms with van der Waals surface area (Å²) in [6.07, 6.45) is -9.82. The van der Waals surface area contributed by atoms with Crippen molar-refractivity contribution in [2.45, 2.75) is 51.5 Å². The minimum atomic E-state index is -4.86. The number of hydrogen-bond acceptors (Lipinski definition) is 2. The van der Waals surface area contributed by atoms with Gasteiger partial charge in [-0.05, 0) is 58.9 Å². The summed E-state index contributed by atoms with van der Waals surface area (Å²) in [7, 11) is 0. The standard InChI is InChI=1S/C27H24ClF7N2O/c1-25(2,3)19-6-4-16(5-7-19)15-37(9-8-17-10-20(26(30,31)32)14-21(29)11-17)24(38)18-12-22(27(33,34)35)36-23(28)13-18/h4-7,10-14H,8-9,15H2,1-3H3. The Morgan fingerprint density at radius 2 is 1.47 bits per heavy atom. The van der Waals surface area contributed by atoms with Crippen LogP contribution in [0.1, 0.15) is 59.1 Å². The predicted octanol–water partition coefficient (Wildman–Crippen LogP) is 8.09. The number of hydrogen-bond donors (Lipinski definition) is 0. The van der Waals surface area contributed by atoms with Gasteiger partial charge in [-0.2, -0.15) is 26.3 Å². The van der Waals surface area contributed by atoms with Crippen LogP contribution in [0.25, 0.3) is 0 Å². The number of amides is 1. The Bertz CT molecular complexity index is 1300. The highest BCUT2D eigenvalue weighted by Crippen LogP contribution is 2.32. The van der Waals surface area contributed by atoms with Gasteiger partial charge in [-0.15, -0.1) is 0 Å². The van der Waals surface area contributed by atoms with Crippen LogP contribution in [0, 0.1) is 5.82 Å². The molecular weight excluding hydrogens is 537 g/mol. The molecule has 38 heavy (non-hydrogen) atoms. The highest BCUT2D eigenvalue weighted by molar-refractivity contribution is 6.29. The monoisotopic (exact) mass is 560 g/mol. The molecule has 0 unspecified atom stereocenters. The van der Waals surface area contributed by atoms with E-state index < -0.39 is 40.5 Å². The second kappa shape index (κ2) is 10.9. The largest absolute Gasteiger partial charge is 0.433 e. The second-order valence-electron chi connectivity index (χ2n) is 9.83. The van der Waals surface area contributed by atoms with Gasteiger partial charge in [-0.3, -0.25) is 4.79 Å². The van der Waals surface area contributed by atoms with Gasteiger partial charge in [0.25, 0.3) is 5.91 Å². The molecule has 1 aromatic heterocycles. The number of carbonyl (C=O) groups is 1. The van der Waals surface area contributed by atoms with Crippen molar-refractivity contribution in [2.75, 3.05) is 6.54 Å². The number of rotatable bonds is 6. The maximum absolute atomic E-state index is 13.9. The van der Waals surface area contributed by atoms with Crippen LogP contribution in [0.2, 0.25) is 5.15 Å². The van der Waals surface area contributed by atoms with E-state index in [1.54, 1.807) is 12.1 Å². The van der Waals surface area contributed by atoms with Gasteiger partial charge in [-0.25, -0.2) is 9.37 Å². The fourth-order valence-electron chi connectivity index (χ4n) is 3.75. The van der Waals surface area contributed by atoms with E-state index in [1.807, 2.05) is 32.9 Å². The van der Waals surface area contributed by atoms with Gasteiger partial charge in [0.1, 0.15) is 16.7 Å². The minimum Gasteiger partial charge on any atom is -0.334 e. The van der Waals surface area contributed by atoms with Crippen molar-refractivity contribution in [1.29, 1.82) is 0 Å². The number of benzene rings is 2. The SMILES string of the molecule is CC(C)(C)c1ccc(CN(CCc2cc(F)cc(C(F)(F)F)c2)C(=O)c2cc(Cl)nc(C(F)(F)F)c2)cc1. The lowest BCUT2D eigenvalue weighted by Gasteiger charge is -2.25. The summed E-state index contributed by atoms with van der Waals surface area (Å²) in [4.78, 5) is 17.7. The summed E-state index contributed by atoms with van der Waals surface area (Å²) in [6, 6.07) is 10.8. The first-order valence-corrected chi connectivity index (χ1v) is 11.8. The van der Waals surface area contributed by atoms with Crippen molar-refractivity contribution in [3.05, 3.63) is 99.1 Å². The van der Waals surface area contributed by atoms with Crippen molar-refractivity contribution in [1.82, 2.24) is 9.88 Å². The molecular formula is C27H24ClF7N2O. The normalized spacial score (nSPS) is 12.5. The van der Waals surface area contributed by atoms with Crippen LogP contribution in [0.15, 0.2) is 54.6 Å². The van der Waals surface area contributed by atoms with Crippen LogP contribution in [0.5, 0.6) is 0 Å². The molecule has 1 amide bonds. The summed E-state index contributed by atoms with van der Waals surface area (Å²) >= 11 is 5.75. The molecule has 1 heterocycles. The second-order valence-corrected chi connectivity index (χ2v) is 10.2. The maximum atomic E-state index is 13.9. The van der Waals surface area contributed by atoms with E-state index >= 15 is 0 Å². The molecule has 3 nitrogen and oxygen atoms in total. The molecule has 2 aromatic carbocycles. The third kappa shape index (κ3) is 7.69. The Kier molecular flexibility index (Phi) is 8.45. The van der Waals surface area contributed by atoms with Gasteiger partial charge in [0.15, 0.2) is 0 Å². The Labute approximate surface area is 220 Å². The van der Waals surface area contributed by atoms with E-state index in [-0.39, 0.29) is 36.1 Å². The summed E-state index contributed by atoms with van der Waals surface area (Å²) in [5, 5.41) is -0.544. The van der Waals surface area contributed by atoms with Crippen molar-refractivity contribution in [2.24, 2.45) is 0 Å². The van der Waals surface area contributed by atoms with Gasteiger partial charge in [0.2, 0.25) is 0 Å². The molecule has 0 fully saturated rings. The van der Waals surface area contributed by atoms with E-state index in [4.69, 9.17) is 11.6 Å². The highest BCUT2D eigenvalue weighted by atomic mass is 35.5. The molecule has 0 saturated carbocycles. The zero-order valence-electron chi connectivity index (χ0n) is 20.6. The zero-order chi connectivity index (χ0) is 28.5. The number of aromatic nitrogens is 1. The Hall–Kier alpha value is -3.14. The van der Waals surface area contributed by atoms with Gasteiger partial charge in [0, 0.05) is 18.7 Å². The number of alkyl halides is 6. The molecule has 0 aliphatic carbocycles. The number of pyridine rings is 1. The topological polar surface area (TPSA) is 33.2 Å². The van der Waals surface area contributed by atoms with Crippen LogP contribution >= 0.6 is 11.6 Å². The first-order valence-electron chi connectivity index (χ1n) is 11.4. The molecule has 3 rings (SSSR count). The molecule has 11 heteroatoms. The summed E-state index contributed by atoms with van der Waals surface area (Å²) < 4.78 is 93.1. The Balaban J connectivity index is 1.95. The lowest BCUT2D eigenvalue weighted by molar-refractivity contribution is -0.141. The minimum absolute atomic E-state index is 0.0260. The first-order chi connectivity index (χ1) is 17.4. The predicted molar refractivity (Wildman–Crippen MR) is 129 cm³/mol.